The third kappa shape index (κ3) is 2.67. The maximum atomic E-state index is 9.34. The lowest BCUT2D eigenvalue weighted by molar-refractivity contribution is -0.310. The highest BCUT2D eigenvalue weighted by atomic mass is 17.1. The summed E-state index contributed by atoms with van der Waals surface area (Å²) >= 11 is 0. The molecule has 0 radical (unpaired) electrons. The summed E-state index contributed by atoms with van der Waals surface area (Å²) in [5, 5.41) is 9.34. The number of rotatable bonds is 5. The van der Waals surface area contributed by atoms with Crippen LogP contribution in [0.1, 0.15) is 18.1 Å². The molecule has 0 aliphatic heterocycles. The van der Waals surface area contributed by atoms with Crippen molar-refractivity contribution in [3.8, 4) is 11.5 Å². The third-order valence-corrected chi connectivity index (χ3v) is 4.28. The molecule has 0 fully saturated rings. The Morgan fingerprint density at radius 2 is 1.46 bits per heavy atom. The molecule has 1 aliphatic rings. The van der Waals surface area contributed by atoms with E-state index in [1.54, 1.807) is 33.3 Å². The van der Waals surface area contributed by atoms with Gasteiger partial charge < -0.3 is 14.2 Å². The molecule has 126 valence electrons. The van der Waals surface area contributed by atoms with Crippen LogP contribution in [0.5, 0.6) is 11.5 Å². The lowest BCUT2D eigenvalue weighted by atomic mass is 9.82. The molecule has 2 aromatic rings. The van der Waals surface area contributed by atoms with E-state index in [2.05, 4.69) is 0 Å². The Morgan fingerprint density at radius 3 is 2.04 bits per heavy atom. The van der Waals surface area contributed by atoms with Crippen LogP contribution in [-0.2, 0) is 21.0 Å². The summed E-state index contributed by atoms with van der Waals surface area (Å²) in [6.07, 6.45) is 3.47. The Hall–Kier alpha value is -2.34. The Balaban J connectivity index is 2.04. The summed E-state index contributed by atoms with van der Waals surface area (Å²) in [5.74, 6) is 0.267. The van der Waals surface area contributed by atoms with Gasteiger partial charge in [0.15, 0.2) is 0 Å². The van der Waals surface area contributed by atoms with E-state index in [-0.39, 0.29) is 0 Å². The largest absolute Gasteiger partial charge is 0.497 e. The van der Waals surface area contributed by atoms with Gasteiger partial charge in [0.05, 0.1) is 7.11 Å². The van der Waals surface area contributed by atoms with Crippen LogP contribution in [0.4, 0.5) is 0 Å². The highest BCUT2D eigenvalue weighted by Gasteiger charge is 2.44. The van der Waals surface area contributed by atoms with Crippen molar-refractivity contribution in [2.24, 2.45) is 0 Å². The lowest BCUT2D eigenvalue weighted by Crippen LogP contribution is -2.41. The van der Waals surface area contributed by atoms with Gasteiger partial charge >= 0.3 is 0 Å². The van der Waals surface area contributed by atoms with Gasteiger partial charge in [0.2, 0.25) is 0 Å². The molecule has 5 nitrogen and oxygen atoms in total. The number of hydrogen-bond donors (Lipinski definition) is 1. The van der Waals surface area contributed by atoms with Crippen LogP contribution in [0.15, 0.2) is 60.7 Å². The van der Waals surface area contributed by atoms with Crippen molar-refractivity contribution in [1.29, 1.82) is 0 Å². The molecule has 1 N–H and O–H groups in total. The van der Waals surface area contributed by atoms with E-state index in [1.165, 1.54) is 0 Å². The highest BCUT2D eigenvalue weighted by molar-refractivity contribution is 5.45. The molecule has 2 unspecified atom stereocenters. The van der Waals surface area contributed by atoms with Gasteiger partial charge in [0, 0.05) is 18.2 Å². The molecule has 5 heteroatoms. The first-order chi connectivity index (χ1) is 11.6. The summed E-state index contributed by atoms with van der Waals surface area (Å²) < 4.78 is 17.0. The van der Waals surface area contributed by atoms with Crippen LogP contribution in [0.25, 0.3) is 0 Å². The molecule has 24 heavy (non-hydrogen) atoms. The van der Waals surface area contributed by atoms with Crippen molar-refractivity contribution in [3.63, 3.8) is 0 Å². The zero-order chi connectivity index (χ0) is 17.2. The minimum absolute atomic E-state index is 0.630. The van der Waals surface area contributed by atoms with Gasteiger partial charge in [-0.15, -0.1) is 0 Å². The summed E-state index contributed by atoms with van der Waals surface area (Å²) in [6.45, 7) is 1.77. The number of methoxy groups -OCH3 is 2. The Kier molecular flexibility index (Phi) is 4.32. The van der Waals surface area contributed by atoms with Crippen LogP contribution < -0.4 is 9.47 Å². The second kappa shape index (κ2) is 6.28. The van der Waals surface area contributed by atoms with Gasteiger partial charge in [-0.2, -0.15) is 0 Å². The zero-order valence-electron chi connectivity index (χ0n) is 13.9. The second-order valence-corrected chi connectivity index (χ2v) is 5.73. The fourth-order valence-electron chi connectivity index (χ4n) is 2.88. The molecule has 0 saturated heterocycles. The molecule has 0 aromatic heterocycles. The monoisotopic (exact) mass is 328 g/mol. The second-order valence-electron chi connectivity index (χ2n) is 5.73. The molecule has 0 spiro atoms. The van der Waals surface area contributed by atoms with Crippen LogP contribution in [-0.4, -0.2) is 19.5 Å². The molecule has 3 rings (SSSR count). The molecule has 2 atom stereocenters. The van der Waals surface area contributed by atoms with Gasteiger partial charge in [-0.25, -0.2) is 4.89 Å². The summed E-state index contributed by atoms with van der Waals surface area (Å²) in [7, 11) is 3.19. The molecular weight excluding hydrogens is 308 g/mol. The van der Waals surface area contributed by atoms with Crippen LogP contribution >= 0.6 is 0 Å². The third-order valence-electron chi connectivity index (χ3n) is 4.28. The number of benzene rings is 2. The minimum atomic E-state index is -1.11. The number of hydrogen-bond acceptors (Lipinski definition) is 5. The average molecular weight is 328 g/mol. The first kappa shape index (κ1) is 16.5. The van der Waals surface area contributed by atoms with Crippen molar-refractivity contribution in [2.45, 2.75) is 18.3 Å². The van der Waals surface area contributed by atoms with Crippen molar-refractivity contribution in [3.05, 3.63) is 71.8 Å². The summed E-state index contributed by atoms with van der Waals surface area (Å²) in [4.78, 5) is 4.71. The van der Waals surface area contributed by atoms with E-state index < -0.39 is 11.4 Å². The fraction of sp³-hybridized carbons (Fsp3) is 0.263. The Bertz CT molecular complexity index is 740. The van der Waals surface area contributed by atoms with Crippen molar-refractivity contribution >= 4 is 0 Å². The molecule has 1 aliphatic carbocycles. The van der Waals surface area contributed by atoms with E-state index in [0.717, 1.165) is 16.9 Å². The van der Waals surface area contributed by atoms with E-state index in [0.29, 0.717) is 5.75 Å². The molecule has 0 amide bonds. The highest BCUT2D eigenvalue weighted by Crippen LogP contribution is 2.43. The van der Waals surface area contributed by atoms with E-state index in [4.69, 9.17) is 19.1 Å². The SMILES string of the molecule is COc1ccc(OC2(OC)C=CC(C)(OO)c3ccccc32)cc1. The fourth-order valence-corrected chi connectivity index (χ4v) is 2.88. The first-order valence-corrected chi connectivity index (χ1v) is 7.58. The number of ether oxygens (including phenoxy) is 3. The van der Waals surface area contributed by atoms with Crippen LogP contribution in [0.2, 0.25) is 0 Å². The van der Waals surface area contributed by atoms with Gasteiger partial charge in [-0.3, -0.25) is 5.26 Å². The molecular formula is C19H20O5. The van der Waals surface area contributed by atoms with E-state index >= 15 is 0 Å². The van der Waals surface area contributed by atoms with Gasteiger partial charge in [-0.1, -0.05) is 24.3 Å². The smallest absolute Gasteiger partial charge is 0.257 e. The maximum absolute atomic E-state index is 9.34. The molecule has 0 saturated carbocycles. The number of fused-ring (bicyclic) bond motifs is 1. The van der Waals surface area contributed by atoms with Crippen LogP contribution in [0, 0.1) is 0 Å². The first-order valence-electron chi connectivity index (χ1n) is 7.58. The minimum Gasteiger partial charge on any atom is -0.497 e. The summed E-state index contributed by atoms with van der Waals surface area (Å²) in [6, 6.07) is 14.8. The maximum Gasteiger partial charge on any atom is 0.257 e. The zero-order valence-corrected chi connectivity index (χ0v) is 13.9. The predicted molar refractivity (Wildman–Crippen MR) is 89.0 cm³/mol. The average Bonchev–Trinajstić information content (AvgIpc) is 2.65. The lowest BCUT2D eigenvalue weighted by Gasteiger charge is -2.39. The van der Waals surface area contributed by atoms with E-state index in [1.807, 2.05) is 48.5 Å². The van der Waals surface area contributed by atoms with E-state index in [9.17, 15) is 5.26 Å². The molecule has 2 aromatic carbocycles. The Labute approximate surface area is 141 Å². The van der Waals surface area contributed by atoms with Crippen molar-refractivity contribution in [1.82, 2.24) is 0 Å². The van der Waals surface area contributed by atoms with Gasteiger partial charge in [-0.05, 0) is 43.3 Å². The molecule has 0 heterocycles. The topological polar surface area (TPSA) is 57.2 Å². The van der Waals surface area contributed by atoms with Crippen molar-refractivity contribution in [2.75, 3.05) is 14.2 Å². The molecule has 0 bridgehead atoms. The standard InChI is InChI=1S/C19H20O5/c1-18(24-20)12-13-19(22-3,17-7-5-4-6-16(17)18)23-15-10-8-14(21-2)9-11-15/h4-13,20H,1-3H3. The van der Waals surface area contributed by atoms with Crippen molar-refractivity contribution < 1.29 is 24.4 Å². The van der Waals surface area contributed by atoms with Gasteiger partial charge in [0.25, 0.3) is 5.79 Å². The quantitative estimate of drug-likeness (QED) is 0.391. The summed E-state index contributed by atoms with van der Waals surface area (Å²) in [5.41, 5.74) is 0.578. The van der Waals surface area contributed by atoms with Crippen LogP contribution in [0.3, 0.4) is 0 Å². The van der Waals surface area contributed by atoms with Gasteiger partial charge in [0.1, 0.15) is 17.1 Å². The normalized spacial score (nSPS) is 25.2. The predicted octanol–water partition coefficient (Wildman–Crippen LogP) is 3.85. The Morgan fingerprint density at radius 1 is 0.833 bits per heavy atom.